The van der Waals surface area contributed by atoms with Gasteiger partial charge in [0, 0.05) is 0 Å². The summed E-state index contributed by atoms with van der Waals surface area (Å²) in [5, 5.41) is 0. The van der Waals surface area contributed by atoms with E-state index >= 15 is 0 Å². The summed E-state index contributed by atoms with van der Waals surface area (Å²) in [6, 6.07) is 17.8. The summed E-state index contributed by atoms with van der Waals surface area (Å²) in [6.07, 6.45) is 6.46. The van der Waals surface area contributed by atoms with E-state index in [4.69, 9.17) is 0 Å². The van der Waals surface area contributed by atoms with Crippen molar-refractivity contribution in [2.24, 2.45) is 0 Å². The van der Waals surface area contributed by atoms with Crippen LogP contribution < -0.4 is 0 Å². The average Bonchev–Trinajstić information content (AvgIpc) is 2.46. The zero-order valence-corrected chi connectivity index (χ0v) is 11.7. The van der Waals surface area contributed by atoms with Crippen LogP contribution in [0.15, 0.2) is 61.2 Å². The lowest BCUT2D eigenvalue weighted by atomic mass is 9.99. The SMILES string of the molecule is C=CCCc1ccc(-c2cccc(CCC)c2)cc1. The maximum absolute atomic E-state index is 3.77. The molecule has 0 radical (unpaired) electrons. The fourth-order valence-corrected chi connectivity index (χ4v) is 2.33. The Morgan fingerprint density at radius 2 is 1.68 bits per heavy atom. The molecular weight excluding hydrogens is 228 g/mol. The smallest absolute Gasteiger partial charge is 0.0181 e. The predicted molar refractivity (Wildman–Crippen MR) is 84.4 cm³/mol. The first-order valence-electron chi connectivity index (χ1n) is 7.12. The van der Waals surface area contributed by atoms with Crippen molar-refractivity contribution in [2.75, 3.05) is 0 Å². The highest BCUT2D eigenvalue weighted by Crippen LogP contribution is 2.22. The van der Waals surface area contributed by atoms with Gasteiger partial charge in [0.25, 0.3) is 0 Å². The Morgan fingerprint density at radius 3 is 2.37 bits per heavy atom. The molecule has 19 heavy (non-hydrogen) atoms. The highest BCUT2D eigenvalue weighted by atomic mass is 14.0. The molecule has 0 heterocycles. The minimum Gasteiger partial charge on any atom is -0.103 e. The van der Waals surface area contributed by atoms with Crippen molar-refractivity contribution in [1.82, 2.24) is 0 Å². The summed E-state index contributed by atoms with van der Waals surface area (Å²) in [5.41, 5.74) is 5.44. The minimum absolute atomic E-state index is 1.05. The van der Waals surface area contributed by atoms with Crippen LogP contribution in [0.1, 0.15) is 30.9 Å². The van der Waals surface area contributed by atoms with Gasteiger partial charge >= 0.3 is 0 Å². The van der Waals surface area contributed by atoms with Crippen LogP contribution in [0.3, 0.4) is 0 Å². The van der Waals surface area contributed by atoms with Gasteiger partial charge in [0.1, 0.15) is 0 Å². The first-order valence-corrected chi connectivity index (χ1v) is 7.12. The summed E-state index contributed by atoms with van der Waals surface area (Å²) in [6.45, 7) is 5.99. The van der Waals surface area contributed by atoms with Crippen LogP contribution in [0, 0.1) is 0 Å². The molecule has 0 nitrogen and oxygen atoms in total. The van der Waals surface area contributed by atoms with Crippen LogP contribution in [0.25, 0.3) is 11.1 Å². The minimum atomic E-state index is 1.05. The third-order valence-electron chi connectivity index (χ3n) is 3.39. The Kier molecular flexibility index (Phi) is 4.97. The number of hydrogen-bond acceptors (Lipinski definition) is 0. The molecule has 0 spiro atoms. The number of aryl methyl sites for hydroxylation is 2. The zero-order valence-electron chi connectivity index (χ0n) is 11.7. The zero-order chi connectivity index (χ0) is 13.5. The highest BCUT2D eigenvalue weighted by Gasteiger charge is 1.99. The summed E-state index contributed by atoms with van der Waals surface area (Å²) < 4.78 is 0. The standard InChI is InChI=1S/C19H22/c1-3-5-8-16-11-13-18(14-12-16)19-10-6-9-17(15-19)7-4-2/h3,6,9-15H,1,4-5,7-8H2,2H3. The molecule has 0 N–H and O–H groups in total. The molecule has 0 heteroatoms. The van der Waals surface area contributed by atoms with Gasteiger partial charge < -0.3 is 0 Å². The molecule has 0 bridgehead atoms. The molecule has 0 aliphatic heterocycles. The largest absolute Gasteiger partial charge is 0.103 e. The van der Waals surface area contributed by atoms with Gasteiger partial charge in [-0.3, -0.25) is 0 Å². The molecule has 0 amide bonds. The van der Waals surface area contributed by atoms with Gasteiger partial charge in [0.2, 0.25) is 0 Å². The van der Waals surface area contributed by atoms with Crippen molar-refractivity contribution in [3.63, 3.8) is 0 Å². The van der Waals surface area contributed by atoms with Gasteiger partial charge in [-0.15, -0.1) is 6.58 Å². The van der Waals surface area contributed by atoms with E-state index in [-0.39, 0.29) is 0 Å². The lowest BCUT2D eigenvalue weighted by Gasteiger charge is -2.06. The van der Waals surface area contributed by atoms with Gasteiger partial charge in [0.15, 0.2) is 0 Å². The van der Waals surface area contributed by atoms with E-state index in [1.807, 2.05) is 6.08 Å². The van der Waals surface area contributed by atoms with Crippen LogP contribution in [0.2, 0.25) is 0 Å². The van der Waals surface area contributed by atoms with E-state index in [0.717, 1.165) is 19.3 Å². The van der Waals surface area contributed by atoms with Crippen molar-refractivity contribution in [3.05, 3.63) is 72.3 Å². The Bertz CT molecular complexity index is 520. The van der Waals surface area contributed by atoms with Gasteiger partial charge in [0.05, 0.1) is 0 Å². The second-order valence-electron chi connectivity index (χ2n) is 4.97. The summed E-state index contributed by atoms with van der Waals surface area (Å²) >= 11 is 0. The fourth-order valence-electron chi connectivity index (χ4n) is 2.33. The van der Waals surface area contributed by atoms with Gasteiger partial charge in [-0.25, -0.2) is 0 Å². The molecule has 0 atom stereocenters. The third-order valence-corrected chi connectivity index (χ3v) is 3.39. The molecule has 0 unspecified atom stereocenters. The van der Waals surface area contributed by atoms with Crippen LogP contribution >= 0.6 is 0 Å². The van der Waals surface area contributed by atoms with E-state index in [2.05, 4.69) is 62.0 Å². The number of rotatable bonds is 6. The summed E-state index contributed by atoms with van der Waals surface area (Å²) in [7, 11) is 0. The maximum Gasteiger partial charge on any atom is -0.0181 e. The number of hydrogen-bond donors (Lipinski definition) is 0. The molecule has 0 saturated carbocycles. The van der Waals surface area contributed by atoms with E-state index in [9.17, 15) is 0 Å². The van der Waals surface area contributed by atoms with Crippen molar-refractivity contribution in [1.29, 1.82) is 0 Å². The Balaban J connectivity index is 2.17. The first-order chi connectivity index (χ1) is 9.33. The van der Waals surface area contributed by atoms with E-state index in [1.54, 1.807) is 0 Å². The lowest BCUT2D eigenvalue weighted by molar-refractivity contribution is 0.922. The molecule has 0 aliphatic rings. The number of allylic oxidation sites excluding steroid dienone is 1. The topological polar surface area (TPSA) is 0 Å². The Hall–Kier alpha value is -1.82. The Morgan fingerprint density at radius 1 is 0.895 bits per heavy atom. The molecule has 2 aromatic carbocycles. The average molecular weight is 250 g/mol. The lowest BCUT2D eigenvalue weighted by Crippen LogP contribution is -1.86. The third kappa shape index (κ3) is 3.82. The van der Waals surface area contributed by atoms with Crippen LogP contribution in [-0.2, 0) is 12.8 Å². The van der Waals surface area contributed by atoms with Crippen LogP contribution in [0.4, 0.5) is 0 Å². The van der Waals surface area contributed by atoms with Crippen molar-refractivity contribution >= 4 is 0 Å². The van der Waals surface area contributed by atoms with Crippen molar-refractivity contribution in [3.8, 4) is 11.1 Å². The van der Waals surface area contributed by atoms with Gasteiger partial charge in [-0.05, 0) is 41.5 Å². The van der Waals surface area contributed by atoms with Crippen LogP contribution in [0.5, 0.6) is 0 Å². The number of benzene rings is 2. The van der Waals surface area contributed by atoms with Crippen LogP contribution in [-0.4, -0.2) is 0 Å². The van der Waals surface area contributed by atoms with Crippen molar-refractivity contribution < 1.29 is 0 Å². The maximum atomic E-state index is 3.77. The van der Waals surface area contributed by atoms with E-state index < -0.39 is 0 Å². The molecule has 0 saturated heterocycles. The highest BCUT2D eigenvalue weighted by molar-refractivity contribution is 5.64. The molecular formula is C19H22. The molecule has 0 aromatic heterocycles. The fraction of sp³-hybridized carbons (Fsp3) is 0.263. The molecule has 98 valence electrons. The summed E-state index contributed by atoms with van der Waals surface area (Å²) in [5.74, 6) is 0. The van der Waals surface area contributed by atoms with Gasteiger partial charge in [-0.1, -0.05) is 68.0 Å². The summed E-state index contributed by atoms with van der Waals surface area (Å²) in [4.78, 5) is 0. The molecule has 2 aromatic rings. The predicted octanol–water partition coefficient (Wildman–Crippen LogP) is 5.42. The van der Waals surface area contributed by atoms with Gasteiger partial charge in [-0.2, -0.15) is 0 Å². The first kappa shape index (κ1) is 13.6. The van der Waals surface area contributed by atoms with E-state index in [1.165, 1.54) is 28.7 Å². The Labute approximate surface area is 116 Å². The molecule has 0 aliphatic carbocycles. The normalized spacial score (nSPS) is 10.4. The monoisotopic (exact) mass is 250 g/mol. The second-order valence-corrected chi connectivity index (χ2v) is 4.97. The second kappa shape index (κ2) is 6.94. The quantitative estimate of drug-likeness (QED) is 0.600. The molecule has 2 rings (SSSR count). The van der Waals surface area contributed by atoms with E-state index in [0.29, 0.717) is 0 Å². The van der Waals surface area contributed by atoms with Crippen molar-refractivity contribution in [2.45, 2.75) is 32.6 Å². The molecule has 0 fully saturated rings.